The van der Waals surface area contributed by atoms with Gasteiger partial charge in [0.05, 0.1) is 12.2 Å². The number of carbonyl (C=O) groups excluding carboxylic acids is 1. The second-order valence-corrected chi connectivity index (χ2v) is 6.65. The van der Waals surface area contributed by atoms with Crippen molar-refractivity contribution in [3.8, 4) is 0 Å². The van der Waals surface area contributed by atoms with Crippen molar-refractivity contribution in [3.63, 3.8) is 0 Å². The molecule has 1 aliphatic carbocycles. The van der Waals surface area contributed by atoms with E-state index in [1.54, 1.807) is 19.2 Å². The van der Waals surface area contributed by atoms with Crippen molar-refractivity contribution in [2.24, 2.45) is 0 Å². The van der Waals surface area contributed by atoms with Crippen LogP contribution in [0.25, 0.3) is 0 Å². The van der Waals surface area contributed by atoms with Gasteiger partial charge in [-0.1, -0.05) is 5.16 Å². The van der Waals surface area contributed by atoms with Crippen LogP contribution in [0.5, 0.6) is 0 Å². The van der Waals surface area contributed by atoms with Gasteiger partial charge in [-0.25, -0.2) is 9.78 Å². The van der Waals surface area contributed by atoms with E-state index < -0.39 is 0 Å². The standard InChI is InChI=1S/C18H22N4O3/c1-2-24-18(23)14-5-6-15(19-11-14)22-9-7-12(8-10-22)16-20-17(25-21-16)13-3-4-13/h5-6,11-13H,2-4,7-10H2,1H3. The van der Waals surface area contributed by atoms with Gasteiger partial charge in [0.25, 0.3) is 0 Å². The molecule has 1 aliphatic heterocycles. The summed E-state index contributed by atoms with van der Waals surface area (Å²) in [5, 5.41) is 4.18. The van der Waals surface area contributed by atoms with Crippen LogP contribution >= 0.6 is 0 Å². The van der Waals surface area contributed by atoms with Gasteiger partial charge in [0.2, 0.25) is 5.89 Å². The van der Waals surface area contributed by atoms with E-state index in [1.807, 2.05) is 6.07 Å². The summed E-state index contributed by atoms with van der Waals surface area (Å²) in [7, 11) is 0. The molecule has 2 aromatic rings. The molecule has 0 spiro atoms. The van der Waals surface area contributed by atoms with E-state index in [0.29, 0.717) is 24.0 Å². The lowest BCUT2D eigenvalue weighted by Gasteiger charge is -2.31. The Bertz CT molecular complexity index is 731. The van der Waals surface area contributed by atoms with Crippen molar-refractivity contribution < 1.29 is 14.1 Å². The fraction of sp³-hybridized carbons (Fsp3) is 0.556. The molecular formula is C18H22N4O3. The number of esters is 1. The van der Waals surface area contributed by atoms with E-state index >= 15 is 0 Å². The van der Waals surface area contributed by atoms with Gasteiger partial charge in [-0.2, -0.15) is 4.98 Å². The van der Waals surface area contributed by atoms with Gasteiger partial charge < -0.3 is 14.2 Å². The number of piperidine rings is 1. The summed E-state index contributed by atoms with van der Waals surface area (Å²) in [5.74, 6) is 3.08. The van der Waals surface area contributed by atoms with Crippen LogP contribution < -0.4 is 4.90 Å². The van der Waals surface area contributed by atoms with Gasteiger partial charge >= 0.3 is 5.97 Å². The fourth-order valence-corrected chi connectivity index (χ4v) is 3.18. The van der Waals surface area contributed by atoms with Crippen LogP contribution in [0.4, 0.5) is 5.82 Å². The second-order valence-electron chi connectivity index (χ2n) is 6.65. The third-order valence-electron chi connectivity index (χ3n) is 4.83. The van der Waals surface area contributed by atoms with Crippen LogP contribution in [0.15, 0.2) is 22.9 Å². The zero-order valence-electron chi connectivity index (χ0n) is 14.4. The summed E-state index contributed by atoms with van der Waals surface area (Å²) in [6.07, 6.45) is 5.89. The van der Waals surface area contributed by atoms with Crippen LogP contribution in [-0.2, 0) is 4.74 Å². The Labute approximate surface area is 146 Å². The first-order valence-electron chi connectivity index (χ1n) is 8.96. The van der Waals surface area contributed by atoms with Crippen molar-refractivity contribution in [2.75, 3.05) is 24.6 Å². The molecule has 7 heteroatoms. The smallest absolute Gasteiger partial charge is 0.339 e. The largest absolute Gasteiger partial charge is 0.462 e. The molecule has 2 aromatic heterocycles. The third-order valence-corrected chi connectivity index (χ3v) is 4.83. The Morgan fingerprint density at radius 1 is 1.24 bits per heavy atom. The number of pyridine rings is 1. The number of aromatic nitrogens is 3. The normalized spacial score (nSPS) is 18.4. The van der Waals surface area contributed by atoms with E-state index in [1.165, 1.54) is 12.8 Å². The molecule has 0 atom stereocenters. The number of carbonyl (C=O) groups is 1. The predicted octanol–water partition coefficient (Wildman–Crippen LogP) is 2.90. The maximum absolute atomic E-state index is 11.7. The van der Waals surface area contributed by atoms with Gasteiger partial charge in [0, 0.05) is 31.1 Å². The average Bonchev–Trinajstić information content (AvgIpc) is 3.39. The number of hydrogen-bond donors (Lipinski definition) is 0. The van der Waals surface area contributed by atoms with Crippen molar-refractivity contribution in [2.45, 2.75) is 44.4 Å². The Morgan fingerprint density at radius 2 is 2.04 bits per heavy atom. The summed E-state index contributed by atoms with van der Waals surface area (Å²) in [4.78, 5) is 22.9. The summed E-state index contributed by atoms with van der Waals surface area (Å²) in [5.41, 5.74) is 0.486. The predicted molar refractivity (Wildman–Crippen MR) is 90.7 cm³/mol. The van der Waals surface area contributed by atoms with Crippen molar-refractivity contribution in [1.29, 1.82) is 0 Å². The summed E-state index contributed by atoms with van der Waals surface area (Å²) in [6, 6.07) is 3.65. The number of anilines is 1. The molecule has 1 saturated heterocycles. The molecule has 2 aliphatic rings. The van der Waals surface area contributed by atoms with Crippen molar-refractivity contribution in [3.05, 3.63) is 35.6 Å². The van der Waals surface area contributed by atoms with E-state index in [9.17, 15) is 4.79 Å². The number of hydrogen-bond acceptors (Lipinski definition) is 7. The molecule has 0 amide bonds. The van der Waals surface area contributed by atoms with Crippen LogP contribution in [0.2, 0.25) is 0 Å². The molecule has 0 aromatic carbocycles. The summed E-state index contributed by atoms with van der Waals surface area (Å²) in [6.45, 7) is 3.95. The van der Waals surface area contributed by atoms with Crippen molar-refractivity contribution >= 4 is 11.8 Å². The highest BCUT2D eigenvalue weighted by molar-refractivity contribution is 5.89. The Hall–Kier alpha value is -2.44. The molecule has 0 bridgehead atoms. The molecule has 3 heterocycles. The Morgan fingerprint density at radius 3 is 2.68 bits per heavy atom. The quantitative estimate of drug-likeness (QED) is 0.773. The molecule has 0 N–H and O–H groups in total. The highest BCUT2D eigenvalue weighted by Gasteiger charge is 2.32. The van der Waals surface area contributed by atoms with Crippen LogP contribution in [0, 0.1) is 0 Å². The lowest BCUT2D eigenvalue weighted by Crippen LogP contribution is -2.33. The maximum atomic E-state index is 11.7. The zero-order valence-corrected chi connectivity index (χ0v) is 14.4. The molecule has 25 heavy (non-hydrogen) atoms. The van der Waals surface area contributed by atoms with Gasteiger partial charge in [0.1, 0.15) is 5.82 Å². The maximum Gasteiger partial charge on any atom is 0.339 e. The fourth-order valence-electron chi connectivity index (χ4n) is 3.18. The second kappa shape index (κ2) is 6.82. The Kier molecular flexibility index (Phi) is 4.38. The average molecular weight is 342 g/mol. The van der Waals surface area contributed by atoms with Crippen LogP contribution in [-0.4, -0.2) is 40.8 Å². The minimum Gasteiger partial charge on any atom is -0.462 e. The Balaban J connectivity index is 1.35. The minimum atomic E-state index is -0.330. The highest BCUT2D eigenvalue weighted by Crippen LogP contribution is 2.39. The van der Waals surface area contributed by atoms with E-state index in [0.717, 1.165) is 43.5 Å². The van der Waals surface area contributed by atoms with Gasteiger partial charge in [-0.05, 0) is 44.7 Å². The number of rotatable bonds is 5. The van der Waals surface area contributed by atoms with Gasteiger partial charge in [-0.15, -0.1) is 0 Å². The van der Waals surface area contributed by atoms with E-state index in [-0.39, 0.29) is 5.97 Å². The van der Waals surface area contributed by atoms with E-state index in [4.69, 9.17) is 9.26 Å². The first-order chi connectivity index (χ1) is 12.2. The molecule has 2 fully saturated rings. The van der Waals surface area contributed by atoms with Gasteiger partial charge in [-0.3, -0.25) is 0 Å². The number of ether oxygens (including phenoxy) is 1. The minimum absolute atomic E-state index is 0.330. The van der Waals surface area contributed by atoms with Crippen LogP contribution in [0.1, 0.15) is 66.5 Å². The zero-order chi connectivity index (χ0) is 17.2. The highest BCUT2D eigenvalue weighted by atomic mass is 16.5. The first-order valence-corrected chi connectivity index (χ1v) is 8.96. The lowest BCUT2D eigenvalue weighted by molar-refractivity contribution is 0.0526. The molecule has 0 radical (unpaired) electrons. The summed E-state index contributed by atoms with van der Waals surface area (Å²) < 4.78 is 10.4. The molecular weight excluding hydrogens is 320 g/mol. The number of nitrogens with zero attached hydrogens (tertiary/aromatic N) is 4. The first kappa shape index (κ1) is 16.1. The van der Waals surface area contributed by atoms with Crippen LogP contribution in [0.3, 0.4) is 0 Å². The lowest BCUT2D eigenvalue weighted by atomic mass is 9.96. The van der Waals surface area contributed by atoms with Gasteiger partial charge in [0.15, 0.2) is 5.82 Å². The molecule has 0 unspecified atom stereocenters. The monoisotopic (exact) mass is 342 g/mol. The summed E-state index contributed by atoms with van der Waals surface area (Å²) >= 11 is 0. The molecule has 7 nitrogen and oxygen atoms in total. The topological polar surface area (TPSA) is 81.4 Å². The van der Waals surface area contributed by atoms with Crippen molar-refractivity contribution in [1.82, 2.24) is 15.1 Å². The molecule has 4 rings (SSSR count). The van der Waals surface area contributed by atoms with E-state index in [2.05, 4.69) is 20.0 Å². The molecule has 1 saturated carbocycles. The SMILES string of the molecule is CCOC(=O)c1ccc(N2CCC(c3noc(C4CC4)n3)CC2)nc1. The molecule has 132 valence electrons. The third kappa shape index (κ3) is 3.50.